The summed E-state index contributed by atoms with van der Waals surface area (Å²) < 4.78 is 0. The number of thioether (sulfide) groups is 1. The first-order valence-corrected chi connectivity index (χ1v) is 9.43. The average Bonchev–Trinajstić information content (AvgIpc) is 2.96. The molecule has 0 aromatic rings. The molecule has 1 fully saturated rings. The van der Waals surface area contributed by atoms with Gasteiger partial charge in [-0.25, -0.2) is 4.99 Å². The number of carbonyl (C=O) groups excluding carboxylic acids is 1. The molecule has 23 heavy (non-hydrogen) atoms. The summed E-state index contributed by atoms with van der Waals surface area (Å²) in [6.45, 7) is 6.41. The Morgan fingerprint density at radius 1 is 1.39 bits per heavy atom. The van der Waals surface area contributed by atoms with Crippen LogP contribution in [0.5, 0.6) is 0 Å². The standard InChI is InChI=1S/C15H31N5OS.HI/c1-5-20-9-6-7-13(20)11-17-15(16-8-10-22-4)18-12-14(21)19(2)3;/h13H,5-12H2,1-4H3,(H2,16,17,18);1H. The van der Waals surface area contributed by atoms with Crippen LogP contribution in [0.15, 0.2) is 4.99 Å². The first kappa shape index (κ1) is 22.8. The summed E-state index contributed by atoms with van der Waals surface area (Å²) in [6.07, 6.45) is 4.58. The number of rotatable bonds is 8. The van der Waals surface area contributed by atoms with E-state index >= 15 is 0 Å². The zero-order valence-electron chi connectivity index (χ0n) is 14.8. The van der Waals surface area contributed by atoms with Crippen molar-refractivity contribution in [1.82, 2.24) is 20.4 Å². The Morgan fingerprint density at radius 2 is 2.13 bits per heavy atom. The maximum atomic E-state index is 11.7. The van der Waals surface area contributed by atoms with Crippen LogP contribution in [0.3, 0.4) is 0 Å². The summed E-state index contributed by atoms with van der Waals surface area (Å²) in [5.74, 6) is 1.78. The summed E-state index contributed by atoms with van der Waals surface area (Å²) in [6, 6.07) is 0.571. The fourth-order valence-corrected chi connectivity index (χ4v) is 2.80. The Hall–Kier alpha value is -0.220. The minimum absolute atomic E-state index is 0. The van der Waals surface area contributed by atoms with E-state index in [1.807, 2.05) is 0 Å². The van der Waals surface area contributed by atoms with E-state index in [0.29, 0.717) is 6.04 Å². The van der Waals surface area contributed by atoms with Gasteiger partial charge < -0.3 is 15.5 Å². The third kappa shape index (κ3) is 8.99. The minimum Gasteiger partial charge on any atom is -0.356 e. The molecular weight excluding hydrogens is 425 g/mol. The SMILES string of the molecule is CCN1CCCC1CNC(=NCC(=O)N(C)C)NCCSC.I. The van der Waals surface area contributed by atoms with Crippen LogP contribution in [-0.2, 0) is 4.79 Å². The predicted molar refractivity (Wildman–Crippen MR) is 111 cm³/mol. The molecule has 1 atom stereocenters. The van der Waals surface area contributed by atoms with Crippen LogP contribution in [0.4, 0.5) is 0 Å². The highest BCUT2D eigenvalue weighted by molar-refractivity contribution is 14.0. The number of likely N-dealkylation sites (N-methyl/N-ethyl adjacent to an activating group) is 2. The zero-order valence-corrected chi connectivity index (χ0v) is 17.9. The molecule has 0 radical (unpaired) electrons. The van der Waals surface area contributed by atoms with Gasteiger partial charge in [0.1, 0.15) is 6.54 Å². The molecule has 1 rings (SSSR count). The van der Waals surface area contributed by atoms with Crippen LogP contribution in [0.1, 0.15) is 19.8 Å². The zero-order chi connectivity index (χ0) is 16.4. The highest BCUT2D eigenvalue weighted by Crippen LogP contribution is 2.15. The summed E-state index contributed by atoms with van der Waals surface area (Å²) in [4.78, 5) is 20.2. The van der Waals surface area contributed by atoms with Crippen LogP contribution in [0.25, 0.3) is 0 Å². The van der Waals surface area contributed by atoms with Crippen molar-refractivity contribution in [1.29, 1.82) is 0 Å². The summed E-state index contributed by atoms with van der Waals surface area (Å²) in [5.41, 5.74) is 0. The topological polar surface area (TPSA) is 60.0 Å². The second-order valence-corrected chi connectivity index (χ2v) is 6.66. The van der Waals surface area contributed by atoms with E-state index in [0.717, 1.165) is 31.3 Å². The Labute approximate surface area is 162 Å². The molecule has 0 spiro atoms. The van der Waals surface area contributed by atoms with Gasteiger partial charge in [-0.2, -0.15) is 11.8 Å². The quantitative estimate of drug-likeness (QED) is 0.247. The lowest BCUT2D eigenvalue weighted by Gasteiger charge is -2.24. The highest BCUT2D eigenvalue weighted by atomic mass is 127. The number of hydrogen-bond donors (Lipinski definition) is 2. The number of guanidine groups is 1. The number of halogens is 1. The first-order valence-electron chi connectivity index (χ1n) is 8.03. The third-order valence-electron chi connectivity index (χ3n) is 3.88. The second kappa shape index (κ2) is 13.1. The molecule has 6 nitrogen and oxygen atoms in total. The van der Waals surface area contributed by atoms with Crippen molar-refractivity contribution in [2.45, 2.75) is 25.8 Å². The summed E-state index contributed by atoms with van der Waals surface area (Å²) >= 11 is 1.79. The Bertz CT molecular complexity index is 368. The molecule has 0 saturated carbocycles. The molecule has 1 saturated heterocycles. The van der Waals surface area contributed by atoms with Crippen molar-refractivity contribution in [2.75, 3.05) is 58.8 Å². The number of amides is 1. The Balaban J connectivity index is 0.00000484. The molecule has 1 unspecified atom stereocenters. The molecule has 1 amide bonds. The summed E-state index contributed by atoms with van der Waals surface area (Å²) in [7, 11) is 3.51. The van der Waals surface area contributed by atoms with Crippen molar-refractivity contribution in [3.8, 4) is 0 Å². The minimum atomic E-state index is 0. The van der Waals surface area contributed by atoms with Crippen molar-refractivity contribution in [3.63, 3.8) is 0 Å². The van der Waals surface area contributed by atoms with Gasteiger partial charge in [0.15, 0.2) is 5.96 Å². The van der Waals surface area contributed by atoms with Gasteiger partial charge in [-0.15, -0.1) is 24.0 Å². The van der Waals surface area contributed by atoms with Crippen LogP contribution < -0.4 is 10.6 Å². The maximum Gasteiger partial charge on any atom is 0.243 e. The molecular formula is C15H32IN5OS. The number of nitrogens with one attached hydrogen (secondary N) is 2. The van der Waals surface area contributed by atoms with E-state index in [4.69, 9.17) is 0 Å². The van der Waals surface area contributed by atoms with Crippen molar-refractivity contribution in [2.24, 2.45) is 4.99 Å². The average molecular weight is 457 g/mol. The number of nitrogens with zero attached hydrogens (tertiary/aromatic N) is 3. The first-order chi connectivity index (χ1) is 10.6. The van der Waals surface area contributed by atoms with Crippen LogP contribution in [0, 0.1) is 0 Å². The van der Waals surface area contributed by atoms with Crippen molar-refractivity contribution in [3.05, 3.63) is 0 Å². The van der Waals surface area contributed by atoms with Gasteiger partial charge in [-0.3, -0.25) is 9.69 Å². The maximum absolute atomic E-state index is 11.7. The van der Waals surface area contributed by atoms with Gasteiger partial charge in [-0.05, 0) is 32.2 Å². The van der Waals surface area contributed by atoms with Gasteiger partial charge in [0, 0.05) is 39.0 Å². The fraction of sp³-hybridized carbons (Fsp3) is 0.867. The Morgan fingerprint density at radius 3 is 2.74 bits per heavy atom. The van der Waals surface area contributed by atoms with Gasteiger partial charge in [0.2, 0.25) is 5.91 Å². The molecule has 0 aliphatic carbocycles. The van der Waals surface area contributed by atoms with E-state index < -0.39 is 0 Å². The molecule has 0 aromatic heterocycles. The number of aliphatic imine (C=N–C) groups is 1. The Kier molecular flexibility index (Phi) is 13.0. The van der Waals surface area contributed by atoms with Gasteiger partial charge in [-0.1, -0.05) is 6.92 Å². The number of likely N-dealkylation sites (tertiary alicyclic amines) is 1. The normalized spacial score (nSPS) is 18.4. The van der Waals surface area contributed by atoms with Crippen LogP contribution in [0.2, 0.25) is 0 Å². The van der Waals surface area contributed by atoms with Crippen LogP contribution in [-0.4, -0.2) is 86.5 Å². The van der Waals surface area contributed by atoms with Gasteiger partial charge in [0.05, 0.1) is 0 Å². The molecule has 136 valence electrons. The van der Waals surface area contributed by atoms with Crippen molar-refractivity contribution >= 4 is 47.6 Å². The molecule has 8 heteroatoms. The lowest BCUT2D eigenvalue weighted by molar-refractivity contribution is -0.127. The lowest BCUT2D eigenvalue weighted by Crippen LogP contribution is -2.45. The number of hydrogen-bond acceptors (Lipinski definition) is 4. The molecule has 0 aromatic carbocycles. The fourth-order valence-electron chi connectivity index (χ4n) is 2.49. The predicted octanol–water partition coefficient (Wildman–Crippen LogP) is 1.08. The molecule has 1 aliphatic rings. The monoisotopic (exact) mass is 457 g/mol. The van der Waals surface area contributed by atoms with E-state index in [-0.39, 0.29) is 36.4 Å². The van der Waals surface area contributed by atoms with E-state index in [1.165, 1.54) is 19.4 Å². The molecule has 0 bridgehead atoms. The smallest absolute Gasteiger partial charge is 0.243 e. The van der Waals surface area contributed by atoms with Gasteiger partial charge >= 0.3 is 0 Å². The van der Waals surface area contributed by atoms with E-state index in [9.17, 15) is 4.79 Å². The largest absolute Gasteiger partial charge is 0.356 e. The highest BCUT2D eigenvalue weighted by Gasteiger charge is 2.22. The van der Waals surface area contributed by atoms with Crippen LogP contribution >= 0.6 is 35.7 Å². The van der Waals surface area contributed by atoms with E-state index in [2.05, 4.69) is 33.7 Å². The van der Waals surface area contributed by atoms with Gasteiger partial charge in [0.25, 0.3) is 0 Å². The summed E-state index contributed by atoms with van der Waals surface area (Å²) in [5, 5.41) is 6.70. The second-order valence-electron chi connectivity index (χ2n) is 5.68. The third-order valence-corrected chi connectivity index (χ3v) is 4.49. The lowest BCUT2D eigenvalue weighted by atomic mass is 10.2. The number of carbonyl (C=O) groups is 1. The van der Waals surface area contributed by atoms with E-state index in [1.54, 1.807) is 30.8 Å². The molecule has 1 aliphatic heterocycles. The molecule has 1 heterocycles. The molecule has 2 N–H and O–H groups in total. The van der Waals surface area contributed by atoms with Crippen molar-refractivity contribution < 1.29 is 4.79 Å².